The van der Waals surface area contributed by atoms with E-state index in [2.05, 4.69) is 15.3 Å². The quantitative estimate of drug-likeness (QED) is 0.735. The Labute approximate surface area is 163 Å². The van der Waals surface area contributed by atoms with Crippen molar-refractivity contribution in [1.82, 2.24) is 9.97 Å². The lowest BCUT2D eigenvalue weighted by molar-refractivity contribution is 0.0984. The van der Waals surface area contributed by atoms with Crippen LogP contribution >= 0.6 is 0 Å². The number of carbonyl (C=O) groups is 1. The number of methoxy groups -OCH3 is 2. The number of nitrogens with zero attached hydrogens (tertiary/aromatic N) is 3. The molecule has 3 aromatic rings. The molecule has 142 valence electrons. The first kappa shape index (κ1) is 17.8. The first-order valence-electron chi connectivity index (χ1n) is 8.91. The second kappa shape index (κ2) is 7.56. The highest BCUT2D eigenvalue weighted by atomic mass is 16.5. The molecular formula is C21H20N4O3. The number of hydrogen-bond acceptors (Lipinski definition) is 6. The Kier molecular flexibility index (Phi) is 4.80. The fraction of sp³-hybridized carbons (Fsp3) is 0.190. The molecule has 0 saturated carbocycles. The highest BCUT2D eigenvalue weighted by Crippen LogP contribution is 2.31. The van der Waals surface area contributed by atoms with E-state index < -0.39 is 0 Å². The van der Waals surface area contributed by atoms with Gasteiger partial charge in [0.2, 0.25) is 5.95 Å². The minimum Gasteiger partial charge on any atom is -0.497 e. The largest absolute Gasteiger partial charge is 0.497 e. The standard InChI is InChI=1S/C21H20N4O3/c1-27-15-7-8-19(28-2)17(13-15)24-21-22-11-9-16(23-21)20(26)25-12-10-14-5-3-4-6-18(14)25/h3-9,11,13H,10,12H2,1-2H3,(H,22,23,24). The second-order valence-corrected chi connectivity index (χ2v) is 6.29. The number of aromatic nitrogens is 2. The van der Waals surface area contributed by atoms with Gasteiger partial charge in [0.1, 0.15) is 17.2 Å². The van der Waals surface area contributed by atoms with Gasteiger partial charge in [-0.25, -0.2) is 9.97 Å². The zero-order valence-corrected chi connectivity index (χ0v) is 15.7. The number of anilines is 3. The maximum Gasteiger partial charge on any atom is 0.277 e. The van der Waals surface area contributed by atoms with Crippen molar-refractivity contribution < 1.29 is 14.3 Å². The molecule has 0 aliphatic carbocycles. The van der Waals surface area contributed by atoms with Gasteiger partial charge < -0.3 is 19.7 Å². The summed E-state index contributed by atoms with van der Waals surface area (Å²) in [4.78, 5) is 23.4. The summed E-state index contributed by atoms with van der Waals surface area (Å²) in [5.74, 6) is 1.46. The van der Waals surface area contributed by atoms with Crippen LogP contribution in [-0.2, 0) is 6.42 Å². The van der Waals surface area contributed by atoms with Crippen molar-refractivity contribution in [2.45, 2.75) is 6.42 Å². The van der Waals surface area contributed by atoms with Gasteiger partial charge >= 0.3 is 0 Å². The average Bonchev–Trinajstić information content (AvgIpc) is 3.17. The minimum atomic E-state index is -0.145. The minimum absolute atomic E-state index is 0.145. The highest BCUT2D eigenvalue weighted by molar-refractivity contribution is 6.06. The van der Waals surface area contributed by atoms with E-state index in [4.69, 9.17) is 9.47 Å². The van der Waals surface area contributed by atoms with Crippen LogP contribution in [0, 0.1) is 0 Å². The van der Waals surface area contributed by atoms with Crippen LogP contribution in [0.5, 0.6) is 11.5 Å². The van der Waals surface area contributed by atoms with Gasteiger partial charge in [-0.1, -0.05) is 18.2 Å². The Hall–Kier alpha value is -3.61. The molecule has 0 atom stereocenters. The maximum absolute atomic E-state index is 13.0. The SMILES string of the molecule is COc1ccc(OC)c(Nc2nccc(C(=O)N3CCc4ccccc43)n2)c1. The number of benzene rings is 2. The van der Waals surface area contributed by atoms with E-state index in [0.717, 1.165) is 12.1 Å². The predicted octanol–water partition coefficient (Wildman–Crippen LogP) is 3.44. The second-order valence-electron chi connectivity index (χ2n) is 6.29. The van der Waals surface area contributed by atoms with Crippen molar-refractivity contribution in [1.29, 1.82) is 0 Å². The third-order valence-electron chi connectivity index (χ3n) is 4.66. The smallest absolute Gasteiger partial charge is 0.277 e. The van der Waals surface area contributed by atoms with E-state index in [0.29, 0.717) is 35.4 Å². The number of ether oxygens (including phenoxy) is 2. The number of rotatable bonds is 5. The monoisotopic (exact) mass is 376 g/mol. The highest BCUT2D eigenvalue weighted by Gasteiger charge is 2.26. The van der Waals surface area contributed by atoms with E-state index in [1.54, 1.807) is 49.6 Å². The lowest BCUT2D eigenvalue weighted by Crippen LogP contribution is -2.29. The zero-order chi connectivity index (χ0) is 19.5. The van der Waals surface area contributed by atoms with Gasteiger partial charge in [-0.3, -0.25) is 4.79 Å². The summed E-state index contributed by atoms with van der Waals surface area (Å²) in [6.45, 7) is 0.647. The van der Waals surface area contributed by atoms with Crippen LogP contribution in [0.2, 0.25) is 0 Å². The molecule has 2 aromatic carbocycles. The number of para-hydroxylation sites is 1. The first-order chi connectivity index (χ1) is 13.7. The molecule has 0 saturated heterocycles. The van der Waals surface area contributed by atoms with Gasteiger partial charge in [-0.15, -0.1) is 0 Å². The first-order valence-corrected chi connectivity index (χ1v) is 8.91. The molecule has 1 aromatic heterocycles. The van der Waals surface area contributed by atoms with Crippen LogP contribution in [0.15, 0.2) is 54.7 Å². The third kappa shape index (κ3) is 3.34. The molecule has 0 fully saturated rings. The van der Waals surface area contributed by atoms with E-state index in [9.17, 15) is 4.79 Å². The average molecular weight is 376 g/mol. The van der Waals surface area contributed by atoms with E-state index >= 15 is 0 Å². The van der Waals surface area contributed by atoms with Crippen molar-refractivity contribution in [2.75, 3.05) is 31.0 Å². The van der Waals surface area contributed by atoms with Gasteiger partial charge in [-0.2, -0.15) is 0 Å². The molecule has 0 bridgehead atoms. The van der Waals surface area contributed by atoms with Crippen LogP contribution in [0.1, 0.15) is 16.1 Å². The topological polar surface area (TPSA) is 76.6 Å². The summed E-state index contributed by atoms with van der Waals surface area (Å²) in [5, 5.41) is 3.11. The molecule has 7 nitrogen and oxygen atoms in total. The molecule has 4 rings (SSSR count). The summed E-state index contributed by atoms with van der Waals surface area (Å²) in [7, 11) is 3.17. The molecule has 1 aliphatic heterocycles. The Bertz CT molecular complexity index is 1020. The molecule has 0 spiro atoms. The number of fused-ring (bicyclic) bond motifs is 1. The predicted molar refractivity (Wildman–Crippen MR) is 107 cm³/mol. The maximum atomic E-state index is 13.0. The van der Waals surface area contributed by atoms with Crippen LogP contribution in [-0.4, -0.2) is 36.6 Å². The Balaban J connectivity index is 1.60. The molecule has 1 aliphatic rings. The number of carbonyl (C=O) groups excluding carboxylic acids is 1. The van der Waals surface area contributed by atoms with Crippen LogP contribution in [0.4, 0.5) is 17.3 Å². The number of amides is 1. The van der Waals surface area contributed by atoms with Gasteiger partial charge in [0.25, 0.3) is 5.91 Å². The fourth-order valence-electron chi connectivity index (χ4n) is 3.26. The third-order valence-corrected chi connectivity index (χ3v) is 4.66. The van der Waals surface area contributed by atoms with Crippen molar-refractivity contribution >= 4 is 23.2 Å². The zero-order valence-electron chi connectivity index (χ0n) is 15.7. The van der Waals surface area contributed by atoms with E-state index in [-0.39, 0.29) is 5.91 Å². The van der Waals surface area contributed by atoms with Crippen molar-refractivity contribution in [3.8, 4) is 11.5 Å². The summed E-state index contributed by atoms with van der Waals surface area (Å²) in [6, 6.07) is 14.9. The van der Waals surface area contributed by atoms with Gasteiger partial charge in [0, 0.05) is 24.5 Å². The summed E-state index contributed by atoms with van der Waals surface area (Å²) < 4.78 is 10.6. The Morgan fingerprint density at radius 3 is 2.79 bits per heavy atom. The fourth-order valence-corrected chi connectivity index (χ4v) is 3.26. The van der Waals surface area contributed by atoms with Crippen LogP contribution in [0.3, 0.4) is 0 Å². The van der Waals surface area contributed by atoms with Crippen molar-refractivity contribution in [3.05, 3.63) is 66.0 Å². The molecule has 1 N–H and O–H groups in total. The lowest BCUT2D eigenvalue weighted by atomic mass is 10.2. The number of nitrogens with one attached hydrogen (secondary N) is 1. The summed E-state index contributed by atoms with van der Waals surface area (Å²) in [6.07, 6.45) is 2.41. The van der Waals surface area contributed by atoms with Gasteiger partial charge in [-0.05, 0) is 36.2 Å². The van der Waals surface area contributed by atoms with Crippen LogP contribution < -0.4 is 19.7 Å². The molecule has 28 heavy (non-hydrogen) atoms. The molecule has 2 heterocycles. The van der Waals surface area contributed by atoms with Gasteiger partial charge in [0.05, 0.1) is 19.9 Å². The molecule has 0 radical (unpaired) electrons. The summed E-state index contributed by atoms with van der Waals surface area (Å²) >= 11 is 0. The molecule has 1 amide bonds. The van der Waals surface area contributed by atoms with Crippen LogP contribution in [0.25, 0.3) is 0 Å². The normalized spacial score (nSPS) is 12.4. The Morgan fingerprint density at radius 2 is 1.96 bits per heavy atom. The molecule has 0 unspecified atom stereocenters. The molecular weight excluding hydrogens is 356 g/mol. The molecule has 7 heteroatoms. The number of hydrogen-bond donors (Lipinski definition) is 1. The van der Waals surface area contributed by atoms with E-state index in [1.807, 2.05) is 24.3 Å². The van der Waals surface area contributed by atoms with Crippen molar-refractivity contribution in [3.63, 3.8) is 0 Å². The Morgan fingerprint density at radius 1 is 1.11 bits per heavy atom. The van der Waals surface area contributed by atoms with E-state index in [1.165, 1.54) is 5.56 Å². The summed E-state index contributed by atoms with van der Waals surface area (Å²) in [5.41, 5.74) is 3.09. The lowest BCUT2D eigenvalue weighted by Gasteiger charge is -2.17. The van der Waals surface area contributed by atoms with Gasteiger partial charge in [0.15, 0.2) is 0 Å². The van der Waals surface area contributed by atoms with Crippen molar-refractivity contribution in [2.24, 2.45) is 0 Å².